The Hall–Kier alpha value is -1.37. The van der Waals surface area contributed by atoms with E-state index in [1.165, 1.54) is 4.90 Å². The zero-order chi connectivity index (χ0) is 11.3. The van der Waals surface area contributed by atoms with Crippen molar-refractivity contribution in [1.82, 2.24) is 4.90 Å². The number of rotatable bonds is 1. The number of fused-ring (bicyclic) bond motifs is 1. The minimum atomic E-state index is -0.806. The van der Waals surface area contributed by atoms with Crippen LogP contribution < -0.4 is 0 Å². The average Bonchev–Trinajstić information content (AvgIpc) is 3.05. The third-order valence-electron chi connectivity index (χ3n) is 4.18. The maximum Gasteiger partial charge on any atom is 0.234 e. The van der Waals surface area contributed by atoms with E-state index in [0.29, 0.717) is 12.8 Å². The Morgan fingerprint density at radius 1 is 1.12 bits per heavy atom. The Labute approximate surface area is 94.2 Å². The average molecular weight is 218 g/mol. The molecule has 0 N–H and O–H groups in total. The van der Waals surface area contributed by atoms with Gasteiger partial charge in [0.15, 0.2) is 0 Å². The van der Waals surface area contributed by atoms with Crippen LogP contribution in [0.5, 0.6) is 0 Å². The predicted molar refractivity (Wildman–Crippen MR) is 54.9 cm³/mol. The van der Waals surface area contributed by atoms with Crippen LogP contribution in [0, 0.1) is 23.2 Å². The van der Waals surface area contributed by atoms with Crippen molar-refractivity contribution in [1.29, 1.82) is 5.26 Å². The van der Waals surface area contributed by atoms with E-state index in [9.17, 15) is 14.9 Å². The standard InChI is InChI=1S/C12H14N2O2/c13-7-12(4-2-1-3-5-12)14-10(15)8-6-9(8)11(14)16/h8-9H,1-6H2. The number of nitrogens with zero attached hydrogens (tertiary/aromatic N) is 2. The molecule has 0 spiro atoms. The Balaban J connectivity index is 1.93. The molecule has 1 aliphatic heterocycles. The predicted octanol–water partition coefficient (Wildman–Crippen LogP) is 1.22. The van der Waals surface area contributed by atoms with E-state index in [0.717, 1.165) is 25.7 Å². The number of hydrogen-bond donors (Lipinski definition) is 0. The van der Waals surface area contributed by atoms with Crippen LogP contribution in [0.2, 0.25) is 0 Å². The van der Waals surface area contributed by atoms with Crippen molar-refractivity contribution in [3.8, 4) is 6.07 Å². The minimum Gasteiger partial charge on any atom is -0.274 e. The van der Waals surface area contributed by atoms with Gasteiger partial charge in [-0.05, 0) is 19.3 Å². The first kappa shape index (κ1) is 9.83. The number of amides is 2. The van der Waals surface area contributed by atoms with Crippen molar-refractivity contribution < 1.29 is 9.59 Å². The first-order valence-electron chi connectivity index (χ1n) is 5.99. The largest absolute Gasteiger partial charge is 0.274 e. The summed E-state index contributed by atoms with van der Waals surface area (Å²) in [5.41, 5.74) is -0.806. The van der Waals surface area contributed by atoms with E-state index >= 15 is 0 Å². The SMILES string of the molecule is N#CC1(N2C(=O)C3CC3C2=O)CCCCC1. The Bertz CT molecular complexity index is 384. The van der Waals surface area contributed by atoms with E-state index in [4.69, 9.17) is 0 Å². The second-order valence-corrected chi connectivity index (χ2v) is 5.16. The fourth-order valence-electron chi connectivity index (χ4n) is 3.13. The van der Waals surface area contributed by atoms with Crippen molar-refractivity contribution in [2.45, 2.75) is 44.1 Å². The lowest BCUT2D eigenvalue weighted by Crippen LogP contribution is -2.53. The van der Waals surface area contributed by atoms with Gasteiger partial charge < -0.3 is 0 Å². The van der Waals surface area contributed by atoms with E-state index in [2.05, 4.69) is 6.07 Å². The van der Waals surface area contributed by atoms with E-state index in [1.807, 2.05) is 0 Å². The van der Waals surface area contributed by atoms with Gasteiger partial charge in [0.05, 0.1) is 17.9 Å². The van der Waals surface area contributed by atoms with Crippen molar-refractivity contribution in [3.63, 3.8) is 0 Å². The van der Waals surface area contributed by atoms with Crippen LogP contribution in [0.1, 0.15) is 38.5 Å². The highest BCUT2D eigenvalue weighted by Gasteiger charge is 2.63. The Morgan fingerprint density at radius 2 is 1.69 bits per heavy atom. The van der Waals surface area contributed by atoms with Crippen LogP contribution in [0.4, 0.5) is 0 Å². The number of imide groups is 1. The molecule has 0 aromatic carbocycles. The summed E-state index contributed by atoms with van der Waals surface area (Å²) in [5.74, 6) is -0.337. The molecule has 0 radical (unpaired) electrons. The van der Waals surface area contributed by atoms with Gasteiger partial charge in [0.2, 0.25) is 11.8 Å². The number of likely N-dealkylation sites (tertiary alicyclic amines) is 1. The van der Waals surface area contributed by atoms with Gasteiger partial charge in [-0.2, -0.15) is 5.26 Å². The van der Waals surface area contributed by atoms with Crippen molar-refractivity contribution >= 4 is 11.8 Å². The van der Waals surface area contributed by atoms with Gasteiger partial charge >= 0.3 is 0 Å². The molecule has 3 fully saturated rings. The lowest BCUT2D eigenvalue weighted by molar-refractivity contribution is -0.147. The van der Waals surface area contributed by atoms with Crippen molar-refractivity contribution in [3.05, 3.63) is 0 Å². The third-order valence-corrected chi connectivity index (χ3v) is 4.18. The molecular weight excluding hydrogens is 204 g/mol. The highest BCUT2D eigenvalue weighted by Crippen LogP contribution is 2.51. The number of carbonyl (C=O) groups excluding carboxylic acids is 2. The van der Waals surface area contributed by atoms with Crippen LogP contribution in [-0.4, -0.2) is 22.3 Å². The lowest BCUT2D eigenvalue weighted by atomic mass is 9.81. The molecule has 1 saturated heterocycles. The van der Waals surface area contributed by atoms with Crippen LogP contribution in [0.25, 0.3) is 0 Å². The molecule has 0 aromatic rings. The fraction of sp³-hybridized carbons (Fsp3) is 0.750. The number of carbonyl (C=O) groups is 2. The van der Waals surface area contributed by atoms with Gasteiger partial charge in [-0.3, -0.25) is 14.5 Å². The first-order chi connectivity index (χ1) is 7.69. The molecule has 4 nitrogen and oxygen atoms in total. The molecule has 4 heteroatoms. The van der Waals surface area contributed by atoms with Gasteiger partial charge in [0, 0.05) is 0 Å². The number of nitriles is 1. The van der Waals surface area contributed by atoms with E-state index < -0.39 is 5.54 Å². The zero-order valence-electron chi connectivity index (χ0n) is 9.11. The van der Waals surface area contributed by atoms with Gasteiger partial charge in [0.1, 0.15) is 5.54 Å². The molecule has 3 rings (SSSR count). The van der Waals surface area contributed by atoms with Crippen LogP contribution >= 0.6 is 0 Å². The molecule has 2 unspecified atom stereocenters. The lowest BCUT2D eigenvalue weighted by Gasteiger charge is -2.38. The molecule has 2 atom stereocenters. The van der Waals surface area contributed by atoms with Crippen LogP contribution in [-0.2, 0) is 9.59 Å². The summed E-state index contributed by atoms with van der Waals surface area (Å²) in [7, 11) is 0. The van der Waals surface area contributed by atoms with Gasteiger partial charge in [-0.15, -0.1) is 0 Å². The summed E-state index contributed by atoms with van der Waals surface area (Å²) in [4.78, 5) is 25.3. The van der Waals surface area contributed by atoms with Gasteiger partial charge in [-0.1, -0.05) is 19.3 Å². The first-order valence-corrected chi connectivity index (χ1v) is 5.99. The van der Waals surface area contributed by atoms with Crippen LogP contribution in [0.15, 0.2) is 0 Å². The molecule has 2 saturated carbocycles. The highest BCUT2D eigenvalue weighted by molar-refractivity contribution is 6.09. The maximum absolute atomic E-state index is 12.0. The molecule has 0 aromatic heterocycles. The van der Waals surface area contributed by atoms with Gasteiger partial charge in [0.25, 0.3) is 0 Å². The normalized spacial score (nSPS) is 35.8. The Kier molecular flexibility index (Phi) is 1.88. The molecule has 3 aliphatic rings. The fourth-order valence-corrected chi connectivity index (χ4v) is 3.13. The topological polar surface area (TPSA) is 61.2 Å². The van der Waals surface area contributed by atoms with E-state index in [-0.39, 0.29) is 23.7 Å². The minimum absolute atomic E-state index is 0.0837. The quantitative estimate of drug-likeness (QED) is 0.622. The highest BCUT2D eigenvalue weighted by atomic mass is 16.2. The molecule has 16 heavy (non-hydrogen) atoms. The molecular formula is C12H14N2O2. The molecule has 2 aliphatic carbocycles. The molecule has 1 heterocycles. The maximum atomic E-state index is 12.0. The monoisotopic (exact) mass is 218 g/mol. The van der Waals surface area contributed by atoms with Crippen molar-refractivity contribution in [2.24, 2.45) is 11.8 Å². The summed E-state index contributed by atoms with van der Waals surface area (Å²) in [5, 5.41) is 9.34. The molecule has 84 valence electrons. The third kappa shape index (κ3) is 1.09. The number of hydrogen-bond acceptors (Lipinski definition) is 3. The molecule has 2 amide bonds. The Morgan fingerprint density at radius 3 is 2.19 bits per heavy atom. The summed E-state index contributed by atoms with van der Waals surface area (Å²) >= 11 is 0. The summed E-state index contributed by atoms with van der Waals surface area (Å²) in [6.07, 6.45) is 5.04. The van der Waals surface area contributed by atoms with Crippen LogP contribution in [0.3, 0.4) is 0 Å². The second kappa shape index (κ2) is 3.07. The number of piperidine rings is 1. The summed E-state index contributed by atoms with van der Waals surface area (Å²) < 4.78 is 0. The van der Waals surface area contributed by atoms with Gasteiger partial charge in [-0.25, -0.2) is 0 Å². The summed E-state index contributed by atoms with van der Waals surface area (Å²) in [6.45, 7) is 0. The molecule has 0 bridgehead atoms. The van der Waals surface area contributed by atoms with E-state index in [1.54, 1.807) is 0 Å². The smallest absolute Gasteiger partial charge is 0.234 e. The second-order valence-electron chi connectivity index (χ2n) is 5.16. The van der Waals surface area contributed by atoms with Crippen molar-refractivity contribution in [2.75, 3.05) is 0 Å². The zero-order valence-corrected chi connectivity index (χ0v) is 9.11. The summed E-state index contributed by atoms with van der Waals surface area (Å²) in [6, 6.07) is 2.25.